The first-order chi connectivity index (χ1) is 9.52. The van der Waals surface area contributed by atoms with Gasteiger partial charge in [0, 0.05) is 36.3 Å². The maximum absolute atomic E-state index is 12.0. The van der Waals surface area contributed by atoms with Crippen molar-refractivity contribution < 1.29 is 14.7 Å². The van der Waals surface area contributed by atoms with Crippen LogP contribution in [0.3, 0.4) is 0 Å². The third-order valence-electron chi connectivity index (χ3n) is 3.54. The van der Waals surface area contributed by atoms with E-state index in [0.717, 1.165) is 12.0 Å². The molecule has 2 amide bonds. The molecule has 0 spiro atoms. The van der Waals surface area contributed by atoms with Crippen molar-refractivity contribution in [1.29, 1.82) is 0 Å². The van der Waals surface area contributed by atoms with Gasteiger partial charge in [0.05, 0.1) is 0 Å². The fraction of sp³-hybridized carbons (Fsp3) is 0.429. The number of benzene rings is 1. The van der Waals surface area contributed by atoms with Crippen molar-refractivity contribution in [3.05, 3.63) is 28.8 Å². The minimum Gasteiger partial charge on any atom is -0.396 e. The molecule has 6 heteroatoms. The van der Waals surface area contributed by atoms with E-state index in [1.165, 1.54) is 4.90 Å². The van der Waals surface area contributed by atoms with E-state index in [0.29, 0.717) is 23.8 Å². The third-order valence-corrected chi connectivity index (χ3v) is 3.95. The summed E-state index contributed by atoms with van der Waals surface area (Å²) in [5, 5.41) is 12.2. The van der Waals surface area contributed by atoms with E-state index >= 15 is 0 Å². The topological polar surface area (TPSA) is 69.6 Å². The molecule has 2 rings (SSSR count). The molecule has 1 aliphatic heterocycles. The van der Waals surface area contributed by atoms with Gasteiger partial charge in [-0.05, 0) is 31.0 Å². The standard InChI is InChI=1S/C14H17ClN2O3/c1-9-11(15)3-2-4-12(9)16-13(19)14(20)17-6-5-10(7-17)8-18/h2-4,10,18H,5-8H2,1H3,(H,16,19). The van der Waals surface area contributed by atoms with Gasteiger partial charge >= 0.3 is 11.8 Å². The Morgan fingerprint density at radius 2 is 2.25 bits per heavy atom. The molecular weight excluding hydrogens is 280 g/mol. The molecule has 1 aromatic rings. The summed E-state index contributed by atoms with van der Waals surface area (Å²) in [6.45, 7) is 2.75. The van der Waals surface area contributed by atoms with Gasteiger partial charge in [-0.15, -0.1) is 0 Å². The van der Waals surface area contributed by atoms with Gasteiger partial charge in [-0.1, -0.05) is 17.7 Å². The lowest BCUT2D eigenvalue weighted by Gasteiger charge is -2.16. The van der Waals surface area contributed by atoms with Crippen LogP contribution < -0.4 is 5.32 Å². The fourth-order valence-electron chi connectivity index (χ4n) is 2.23. The van der Waals surface area contributed by atoms with Gasteiger partial charge in [0.25, 0.3) is 0 Å². The lowest BCUT2D eigenvalue weighted by Crippen LogP contribution is -2.38. The number of likely N-dealkylation sites (tertiary alicyclic amines) is 1. The van der Waals surface area contributed by atoms with E-state index in [1.807, 2.05) is 0 Å². The van der Waals surface area contributed by atoms with Gasteiger partial charge in [0.1, 0.15) is 0 Å². The normalized spacial score (nSPS) is 18.1. The summed E-state index contributed by atoms with van der Waals surface area (Å²) in [6, 6.07) is 5.14. The van der Waals surface area contributed by atoms with Gasteiger partial charge in [-0.25, -0.2) is 0 Å². The van der Waals surface area contributed by atoms with E-state index in [4.69, 9.17) is 16.7 Å². The molecule has 1 aliphatic rings. The Morgan fingerprint density at radius 1 is 1.50 bits per heavy atom. The van der Waals surface area contributed by atoms with Crippen LogP contribution in [0.25, 0.3) is 0 Å². The maximum atomic E-state index is 12.0. The summed E-state index contributed by atoms with van der Waals surface area (Å²) in [5.74, 6) is -1.17. The summed E-state index contributed by atoms with van der Waals surface area (Å²) in [7, 11) is 0. The molecule has 1 saturated heterocycles. The van der Waals surface area contributed by atoms with Gasteiger partial charge in [0.2, 0.25) is 0 Å². The van der Waals surface area contributed by atoms with Crippen molar-refractivity contribution >= 4 is 29.1 Å². The zero-order chi connectivity index (χ0) is 14.7. The van der Waals surface area contributed by atoms with Crippen LogP contribution in [0.15, 0.2) is 18.2 Å². The second kappa shape index (κ2) is 6.24. The number of amides is 2. The Bertz CT molecular complexity index is 533. The van der Waals surface area contributed by atoms with Crippen LogP contribution in [0, 0.1) is 12.8 Å². The number of aliphatic hydroxyl groups excluding tert-OH is 1. The van der Waals surface area contributed by atoms with Crippen LogP contribution in [-0.2, 0) is 9.59 Å². The van der Waals surface area contributed by atoms with Gasteiger partial charge in [-0.3, -0.25) is 9.59 Å². The molecule has 1 unspecified atom stereocenters. The lowest BCUT2D eigenvalue weighted by molar-refractivity contribution is -0.142. The Kier molecular flexibility index (Phi) is 4.62. The maximum Gasteiger partial charge on any atom is 0.313 e. The summed E-state index contributed by atoms with van der Waals surface area (Å²) < 4.78 is 0. The highest BCUT2D eigenvalue weighted by atomic mass is 35.5. The minimum absolute atomic E-state index is 0.0405. The number of nitrogens with one attached hydrogen (secondary N) is 1. The van der Waals surface area contributed by atoms with E-state index in [-0.39, 0.29) is 12.5 Å². The van der Waals surface area contributed by atoms with Crippen LogP contribution in [0.1, 0.15) is 12.0 Å². The largest absolute Gasteiger partial charge is 0.396 e. The van der Waals surface area contributed by atoms with Gasteiger partial charge in [0.15, 0.2) is 0 Å². The van der Waals surface area contributed by atoms with Crippen LogP contribution in [0.2, 0.25) is 5.02 Å². The number of anilines is 1. The highest BCUT2D eigenvalue weighted by Crippen LogP contribution is 2.23. The third kappa shape index (κ3) is 3.11. The van der Waals surface area contributed by atoms with Crippen molar-refractivity contribution in [3.63, 3.8) is 0 Å². The average Bonchev–Trinajstić information content (AvgIpc) is 2.91. The second-order valence-corrected chi connectivity index (χ2v) is 5.36. The number of halogens is 1. The average molecular weight is 297 g/mol. The number of rotatable bonds is 2. The molecule has 1 heterocycles. The number of hydrogen-bond acceptors (Lipinski definition) is 3. The van der Waals surface area contributed by atoms with Crippen molar-refractivity contribution in [2.24, 2.45) is 5.92 Å². The van der Waals surface area contributed by atoms with Crippen molar-refractivity contribution in [3.8, 4) is 0 Å². The van der Waals surface area contributed by atoms with Crippen LogP contribution in [-0.4, -0.2) is 41.5 Å². The molecule has 1 atom stereocenters. The molecule has 0 aromatic heterocycles. The quantitative estimate of drug-likeness (QED) is 0.811. The Labute approximate surface area is 122 Å². The van der Waals surface area contributed by atoms with Crippen LogP contribution in [0.4, 0.5) is 5.69 Å². The van der Waals surface area contributed by atoms with Gasteiger partial charge < -0.3 is 15.3 Å². The Balaban J connectivity index is 2.01. The smallest absolute Gasteiger partial charge is 0.313 e. The molecule has 0 radical (unpaired) electrons. The highest BCUT2D eigenvalue weighted by molar-refractivity contribution is 6.40. The monoisotopic (exact) mass is 296 g/mol. The molecule has 5 nitrogen and oxygen atoms in total. The molecule has 1 fully saturated rings. The molecule has 0 aliphatic carbocycles. The Hall–Kier alpha value is -1.59. The summed E-state index contributed by atoms with van der Waals surface area (Å²) in [5.41, 5.74) is 1.26. The molecule has 0 saturated carbocycles. The zero-order valence-corrected chi connectivity index (χ0v) is 12.0. The van der Waals surface area contributed by atoms with E-state index in [1.54, 1.807) is 25.1 Å². The minimum atomic E-state index is -0.672. The highest BCUT2D eigenvalue weighted by Gasteiger charge is 2.29. The lowest BCUT2D eigenvalue weighted by atomic mass is 10.1. The first-order valence-corrected chi connectivity index (χ1v) is 6.87. The predicted octanol–water partition coefficient (Wildman–Crippen LogP) is 1.43. The van der Waals surface area contributed by atoms with E-state index < -0.39 is 11.8 Å². The number of nitrogens with zero attached hydrogens (tertiary/aromatic N) is 1. The zero-order valence-electron chi connectivity index (χ0n) is 11.2. The SMILES string of the molecule is Cc1c(Cl)cccc1NC(=O)C(=O)N1CCC(CO)C1. The van der Waals surface area contributed by atoms with E-state index in [9.17, 15) is 9.59 Å². The first-order valence-electron chi connectivity index (χ1n) is 6.49. The molecule has 108 valence electrons. The fourth-order valence-corrected chi connectivity index (χ4v) is 2.40. The molecular formula is C14H17ClN2O3. The summed E-state index contributed by atoms with van der Waals surface area (Å²) >= 11 is 5.97. The van der Waals surface area contributed by atoms with Crippen molar-refractivity contribution in [2.75, 3.05) is 25.0 Å². The summed E-state index contributed by atoms with van der Waals surface area (Å²) in [6.07, 6.45) is 0.728. The van der Waals surface area contributed by atoms with Gasteiger partial charge in [-0.2, -0.15) is 0 Å². The summed E-state index contributed by atoms with van der Waals surface area (Å²) in [4.78, 5) is 25.4. The van der Waals surface area contributed by atoms with Crippen molar-refractivity contribution in [2.45, 2.75) is 13.3 Å². The van der Waals surface area contributed by atoms with Crippen LogP contribution in [0.5, 0.6) is 0 Å². The predicted molar refractivity (Wildman–Crippen MR) is 76.6 cm³/mol. The molecule has 1 aromatic carbocycles. The number of carbonyl (C=O) groups excluding carboxylic acids is 2. The molecule has 20 heavy (non-hydrogen) atoms. The molecule has 2 N–H and O–H groups in total. The van der Waals surface area contributed by atoms with Crippen LogP contribution >= 0.6 is 11.6 Å². The van der Waals surface area contributed by atoms with Crippen molar-refractivity contribution in [1.82, 2.24) is 4.90 Å². The second-order valence-electron chi connectivity index (χ2n) is 4.95. The van der Waals surface area contributed by atoms with E-state index in [2.05, 4.69) is 5.32 Å². The number of aliphatic hydroxyl groups is 1. The number of hydrogen-bond donors (Lipinski definition) is 2. The number of carbonyl (C=O) groups is 2. The first kappa shape index (κ1) is 14.8. The Morgan fingerprint density at radius 3 is 2.90 bits per heavy atom. The molecule has 0 bridgehead atoms.